The van der Waals surface area contributed by atoms with Gasteiger partial charge in [-0.25, -0.2) is 4.79 Å². The molecule has 14 heavy (non-hydrogen) atoms. The molecule has 0 radical (unpaired) electrons. The van der Waals surface area contributed by atoms with E-state index in [1.54, 1.807) is 0 Å². The van der Waals surface area contributed by atoms with Crippen LogP contribution in [0.5, 0.6) is 0 Å². The molecule has 3 amide bonds. The Morgan fingerprint density at radius 2 is 1.86 bits per heavy atom. The standard InChI is InChI=1S/C10H12N2O2/c1-8(13)12(10(11)14)7-9-5-3-2-4-6-9/h2-6H,7H2,1H3,(H2,11,14). The van der Waals surface area contributed by atoms with Gasteiger partial charge in [-0.2, -0.15) is 0 Å². The van der Waals surface area contributed by atoms with E-state index >= 15 is 0 Å². The molecule has 0 unspecified atom stereocenters. The second-order valence-electron chi connectivity index (χ2n) is 2.93. The minimum absolute atomic E-state index is 0.228. The average molecular weight is 192 g/mol. The zero-order valence-corrected chi connectivity index (χ0v) is 7.93. The van der Waals surface area contributed by atoms with E-state index in [2.05, 4.69) is 0 Å². The molecule has 1 aromatic carbocycles. The Labute approximate surface area is 82.3 Å². The first kappa shape index (κ1) is 10.2. The molecular weight excluding hydrogens is 180 g/mol. The first-order valence-corrected chi connectivity index (χ1v) is 4.22. The van der Waals surface area contributed by atoms with Crippen molar-refractivity contribution in [1.29, 1.82) is 0 Å². The smallest absolute Gasteiger partial charge is 0.321 e. The van der Waals surface area contributed by atoms with Crippen LogP contribution in [-0.4, -0.2) is 16.8 Å². The van der Waals surface area contributed by atoms with Gasteiger partial charge in [0.2, 0.25) is 5.91 Å². The molecule has 0 spiro atoms. The molecular formula is C10H12N2O2. The Morgan fingerprint density at radius 3 is 2.29 bits per heavy atom. The predicted octanol–water partition coefficient (Wildman–Crippen LogP) is 1.11. The lowest BCUT2D eigenvalue weighted by Gasteiger charge is -2.15. The number of benzene rings is 1. The minimum atomic E-state index is -0.721. The van der Waals surface area contributed by atoms with E-state index in [9.17, 15) is 9.59 Å². The topological polar surface area (TPSA) is 63.4 Å². The van der Waals surface area contributed by atoms with Crippen LogP contribution < -0.4 is 5.73 Å². The number of carbonyl (C=O) groups is 2. The second kappa shape index (κ2) is 4.41. The van der Waals surface area contributed by atoms with Crippen LogP contribution in [-0.2, 0) is 11.3 Å². The van der Waals surface area contributed by atoms with Crippen molar-refractivity contribution < 1.29 is 9.59 Å². The number of rotatable bonds is 2. The summed E-state index contributed by atoms with van der Waals surface area (Å²) in [4.78, 5) is 22.9. The fraction of sp³-hybridized carbons (Fsp3) is 0.200. The molecule has 0 heterocycles. The summed E-state index contributed by atoms with van der Waals surface area (Å²) in [5.74, 6) is -0.346. The maximum absolute atomic E-state index is 11.0. The molecule has 0 aliphatic heterocycles. The van der Waals surface area contributed by atoms with Crippen molar-refractivity contribution in [1.82, 2.24) is 4.90 Å². The SMILES string of the molecule is CC(=O)N(Cc1ccccc1)C(N)=O. The third-order valence-electron chi connectivity index (χ3n) is 1.83. The van der Waals surface area contributed by atoms with E-state index in [1.807, 2.05) is 30.3 Å². The summed E-state index contributed by atoms with van der Waals surface area (Å²) in [7, 11) is 0. The van der Waals surface area contributed by atoms with Crippen LogP contribution in [0.4, 0.5) is 4.79 Å². The maximum Gasteiger partial charge on any atom is 0.321 e. The van der Waals surface area contributed by atoms with Crippen molar-refractivity contribution >= 4 is 11.9 Å². The van der Waals surface area contributed by atoms with Crippen molar-refractivity contribution in [3.63, 3.8) is 0 Å². The number of primary amides is 1. The van der Waals surface area contributed by atoms with E-state index in [-0.39, 0.29) is 12.5 Å². The highest BCUT2D eigenvalue weighted by Crippen LogP contribution is 2.03. The normalized spacial score (nSPS) is 9.50. The van der Waals surface area contributed by atoms with Gasteiger partial charge in [-0.3, -0.25) is 9.69 Å². The highest BCUT2D eigenvalue weighted by atomic mass is 16.2. The summed E-state index contributed by atoms with van der Waals surface area (Å²) in [5.41, 5.74) is 5.93. The van der Waals surface area contributed by atoms with Crippen LogP contribution in [0.1, 0.15) is 12.5 Å². The molecule has 4 nitrogen and oxygen atoms in total. The van der Waals surface area contributed by atoms with E-state index < -0.39 is 6.03 Å². The van der Waals surface area contributed by atoms with E-state index in [4.69, 9.17) is 5.73 Å². The van der Waals surface area contributed by atoms with Crippen LogP contribution >= 0.6 is 0 Å². The number of hydrogen-bond donors (Lipinski definition) is 1. The molecule has 0 aliphatic carbocycles. The van der Waals surface area contributed by atoms with Gasteiger partial charge in [0.25, 0.3) is 0 Å². The number of amides is 3. The van der Waals surface area contributed by atoms with Crippen LogP contribution in [0.25, 0.3) is 0 Å². The molecule has 1 aromatic rings. The van der Waals surface area contributed by atoms with Crippen molar-refractivity contribution in [3.8, 4) is 0 Å². The Bertz CT molecular complexity index is 321. The number of carbonyl (C=O) groups excluding carboxylic acids is 2. The van der Waals surface area contributed by atoms with Crippen LogP contribution in [0.2, 0.25) is 0 Å². The summed E-state index contributed by atoms with van der Waals surface area (Å²) in [6, 6.07) is 8.49. The van der Waals surface area contributed by atoms with Gasteiger partial charge in [0, 0.05) is 6.92 Å². The molecule has 0 saturated carbocycles. The van der Waals surface area contributed by atoms with Gasteiger partial charge in [0.1, 0.15) is 0 Å². The maximum atomic E-state index is 11.0. The highest BCUT2D eigenvalue weighted by molar-refractivity contribution is 5.92. The monoisotopic (exact) mass is 192 g/mol. The Balaban J connectivity index is 2.75. The van der Waals surface area contributed by atoms with Crippen LogP contribution in [0.15, 0.2) is 30.3 Å². The second-order valence-corrected chi connectivity index (χ2v) is 2.93. The number of nitrogens with zero attached hydrogens (tertiary/aromatic N) is 1. The van der Waals surface area contributed by atoms with E-state index in [0.29, 0.717) is 0 Å². The van der Waals surface area contributed by atoms with Crippen molar-refractivity contribution in [2.75, 3.05) is 0 Å². The first-order chi connectivity index (χ1) is 6.61. The molecule has 0 fully saturated rings. The molecule has 4 heteroatoms. The molecule has 0 saturated heterocycles. The van der Waals surface area contributed by atoms with Gasteiger partial charge in [-0.05, 0) is 5.56 Å². The fourth-order valence-electron chi connectivity index (χ4n) is 1.11. The van der Waals surface area contributed by atoms with Gasteiger partial charge in [0.05, 0.1) is 6.54 Å². The van der Waals surface area contributed by atoms with Crippen molar-refractivity contribution in [2.24, 2.45) is 5.73 Å². The molecule has 1 rings (SSSR count). The van der Waals surface area contributed by atoms with Gasteiger partial charge >= 0.3 is 6.03 Å². The molecule has 0 bridgehead atoms. The zero-order chi connectivity index (χ0) is 10.6. The lowest BCUT2D eigenvalue weighted by Crippen LogP contribution is -2.38. The van der Waals surface area contributed by atoms with Gasteiger partial charge < -0.3 is 5.73 Å². The van der Waals surface area contributed by atoms with Crippen molar-refractivity contribution in [3.05, 3.63) is 35.9 Å². The largest absolute Gasteiger partial charge is 0.351 e. The number of hydrogen-bond acceptors (Lipinski definition) is 2. The number of imide groups is 1. The Kier molecular flexibility index (Phi) is 3.23. The molecule has 74 valence electrons. The summed E-state index contributed by atoms with van der Waals surface area (Å²) < 4.78 is 0. The fourth-order valence-corrected chi connectivity index (χ4v) is 1.11. The minimum Gasteiger partial charge on any atom is -0.351 e. The van der Waals surface area contributed by atoms with Gasteiger partial charge in [-0.15, -0.1) is 0 Å². The zero-order valence-electron chi connectivity index (χ0n) is 7.93. The molecule has 0 aromatic heterocycles. The van der Waals surface area contributed by atoms with Crippen LogP contribution in [0, 0.1) is 0 Å². The summed E-state index contributed by atoms with van der Waals surface area (Å²) in [6.07, 6.45) is 0. The molecule has 0 atom stereocenters. The third kappa shape index (κ3) is 2.58. The summed E-state index contributed by atoms with van der Waals surface area (Å²) >= 11 is 0. The highest BCUT2D eigenvalue weighted by Gasteiger charge is 2.14. The average Bonchev–Trinajstić information content (AvgIpc) is 2.15. The van der Waals surface area contributed by atoms with Crippen molar-refractivity contribution in [2.45, 2.75) is 13.5 Å². The van der Waals surface area contributed by atoms with Crippen LogP contribution in [0.3, 0.4) is 0 Å². The summed E-state index contributed by atoms with van der Waals surface area (Å²) in [6.45, 7) is 1.54. The first-order valence-electron chi connectivity index (χ1n) is 4.22. The van der Waals surface area contributed by atoms with E-state index in [0.717, 1.165) is 10.5 Å². The Morgan fingerprint density at radius 1 is 1.29 bits per heavy atom. The lowest BCUT2D eigenvalue weighted by atomic mass is 10.2. The molecule has 0 aliphatic rings. The van der Waals surface area contributed by atoms with Gasteiger partial charge in [-0.1, -0.05) is 30.3 Å². The number of urea groups is 1. The molecule has 2 N–H and O–H groups in total. The summed E-state index contributed by atoms with van der Waals surface area (Å²) in [5, 5.41) is 0. The lowest BCUT2D eigenvalue weighted by molar-refractivity contribution is -0.126. The Hall–Kier alpha value is -1.84. The third-order valence-corrected chi connectivity index (χ3v) is 1.83. The van der Waals surface area contributed by atoms with Gasteiger partial charge in [0.15, 0.2) is 0 Å². The predicted molar refractivity (Wildman–Crippen MR) is 52.2 cm³/mol. The number of nitrogens with two attached hydrogens (primary N) is 1. The quantitative estimate of drug-likeness (QED) is 0.763. The van der Waals surface area contributed by atoms with E-state index in [1.165, 1.54) is 6.92 Å².